The molecule has 2 aromatic carbocycles. The van der Waals surface area contributed by atoms with Crippen LogP contribution in [0.25, 0.3) is 31.7 Å². The average Bonchev–Trinajstić information content (AvgIpc) is 3.19. The van der Waals surface area contributed by atoms with Crippen molar-refractivity contribution in [2.75, 3.05) is 0 Å². The summed E-state index contributed by atoms with van der Waals surface area (Å²) in [7, 11) is 0. The van der Waals surface area contributed by atoms with Gasteiger partial charge in [0.25, 0.3) is 0 Å². The van der Waals surface area contributed by atoms with E-state index in [-0.39, 0.29) is 0 Å². The summed E-state index contributed by atoms with van der Waals surface area (Å²) in [6, 6.07) is 21.8. The van der Waals surface area contributed by atoms with Crippen molar-refractivity contribution in [1.29, 1.82) is 0 Å². The van der Waals surface area contributed by atoms with Gasteiger partial charge in [0.2, 0.25) is 0 Å². The second-order valence-electron chi connectivity index (χ2n) is 4.66. The smallest absolute Gasteiger partial charge is 0.0349 e. The number of thiophene rings is 2. The third-order valence-electron chi connectivity index (χ3n) is 3.48. The summed E-state index contributed by atoms with van der Waals surface area (Å²) < 4.78 is 0. The molecular weight excluding hydrogens is 280 g/mol. The lowest BCUT2D eigenvalue weighted by molar-refractivity contribution is 1.72. The number of hydrogen-bond donors (Lipinski definition) is 0. The third-order valence-corrected chi connectivity index (χ3v) is 5.28. The fourth-order valence-corrected chi connectivity index (χ4v) is 4.13. The normalized spacial score (nSPS) is 11.0. The highest BCUT2D eigenvalue weighted by atomic mass is 32.1. The van der Waals surface area contributed by atoms with Gasteiger partial charge in [-0.2, -0.15) is 0 Å². The Morgan fingerprint density at radius 3 is 1.55 bits per heavy atom. The molecule has 0 saturated heterocycles. The summed E-state index contributed by atoms with van der Waals surface area (Å²) in [6.07, 6.45) is 0. The summed E-state index contributed by atoms with van der Waals surface area (Å²) in [5, 5.41) is 6.95. The van der Waals surface area contributed by atoms with Crippen molar-refractivity contribution in [3.63, 3.8) is 0 Å². The molecule has 0 nitrogen and oxygen atoms in total. The van der Waals surface area contributed by atoms with E-state index in [1.54, 1.807) is 22.7 Å². The van der Waals surface area contributed by atoms with Gasteiger partial charge in [0.1, 0.15) is 0 Å². The lowest BCUT2D eigenvalue weighted by Crippen LogP contribution is -1.82. The molecule has 0 atom stereocenters. The van der Waals surface area contributed by atoms with Crippen LogP contribution in [0.2, 0.25) is 0 Å². The number of fused-ring (bicyclic) bond motifs is 1. The van der Waals surface area contributed by atoms with E-state index in [4.69, 9.17) is 0 Å². The molecule has 0 saturated carbocycles. The first-order chi connectivity index (χ1) is 9.93. The molecule has 0 spiro atoms. The summed E-state index contributed by atoms with van der Waals surface area (Å²) in [4.78, 5) is 2.67. The molecule has 2 aromatic heterocycles. The van der Waals surface area contributed by atoms with Crippen LogP contribution >= 0.6 is 22.7 Å². The van der Waals surface area contributed by atoms with E-state index >= 15 is 0 Å². The quantitative estimate of drug-likeness (QED) is 0.407. The highest BCUT2D eigenvalue weighted by Crippen LogP contribution is 2.39. The van der Waals surface area contributed by atoms with Gasteiger partial charge in [-0.25, -0.2) is 0 Å². The van der Waals surface area contributed by atoms with Gasteiger partial charge in [-0.1, -0.05) is 48.5 Å². The molecule has 96 valence electrons. The Labute approximate surface area is 126 Å². The predicted octanol–water partition coefficient (Wildman–Crippen LogP) is 6.30. The highest BCUT2D eigenvalue weighted by molar-refractivity contribution is 7.14. The van der Waals surface area contributed by atoms with Crippen LogP contribution in [0, 0.1) is 0 Å². The maximum absolute atomic E-state index is 2.23. The minimum atomic E-state index is 1.31. The lowest BCUT2D eigenvalue weighted by Gasteiger charge is -2.09. The van der Waals surface area contributed by atoms with Gasteiger partial charge in [-0.15, -0.1) is 22.7 Å². The third kappa shape index (κ3) is 1.89. The first-order valence-corrected chi connectivity index (χ1v) is 8.29. The van der Waals surface area contributed by atoms with Crippen molar-refractivity contribution in [1.82, 2.24) is 0 Å². The molecule has 0 radical (unpaired) electrons. The summed E-state index contributed by atoms with van der Waals surface area (Å²) >= 11 is 3.60. The zero-order valence-electron chi connectivity index (χ0n) is 10.7. The van der Waals surface area contributed by atoms with Crippen LogP contribution in [-0.4, -0.2) is 0 Å². The Kier molecular flexibility index (Phi) is 2.91. The van der Waals surface area contributed by atoms with Gasteiger partial charge in [-0.05, 0) is 33.7 Å². The molecule has 0 fully saturated rings. The minimum absolute atomic E-state index is 1.31. The zero-order valence-corrected chi connectivity index (χ0v) is 12.4. The Bertz CT molecular complexity index is 771. The van der Waals surface area contributed by atoms with E-state index in [0.717, 1.165) is 0 Å². The predicted molar refractivity (Wildman–Crippen MR) is 90.6 cm³/mol. The molecule has 2 heteroatoms. The molecule has 0 N–H and O–H groups in total. The maximum Gasteiger partial charge on any atom is 0.0349 e. The minimum Gasteiger partial charge on any atom is -0.144 e. The van der Waals surface area contributed by atoms with Gasteiger partial charge < -0.3 is 0 Å². The van der Waals surface area contributed by atoms with Crippen LogP contribution < -0.4 is 0 Å². The SMILES string of the molecule is c1csc(-c2cccc3cccc(-c4cccs4)c23)c1. The van der Waals surface area contributed by atoms with E-state index in [2.05, 4.69) is 71.4 Å². The first kappa shape index (κ1) is 11.9. The second-order valence-corrected chi connectivity index (χ2v) is 6.56. The van der Waals surface area contributed by atoms with Crippen LogP contribution in [-0.2, 0) is 0 Å². The molecule has 0 unspecified atom stereocenters. The Balaban J connectivity index is 2.11. The van der Waals surface area contributed by atoms with Crippen molar-refractivity contribution >= 4 is 33.4 Å². The Morgan fingerprint density at radius 1 is 0.550 bits per heavy atom. The van der Waals surface area contributed by atoms with Crippen LogP contribution in [0.1, 0.15) is 0 Å². The maximum atomic E-state index is 2.23. The van der Waals surface area contributed by atoms with Gasteiger partial charge in [-0.3, -0.25) is 0 Å². The first-order valence-electron chi connectivity index (χ1n) is 6.53. The number of rotatable bonds is 2. The zero-order chi connectivity index (χ0) is 13.4. The van der Waals surface area contributed by atoms with E-state index in [9.17, 15) is 0 Å². The van der Waals surface area contributed by atoms with Crippen molar-refractivity contribution < 1.29 is 0 Å². The van der Waals surface area contributed by atoms with Crippen molar-refractivity contribution in [3.05, 3.63) is 71.4 Å². The van der Waals surface area contributed by atoms with E-state index in [0.29, 0.717) is 0 Å². The molecule has 0 aliphatic heterocycles. The topological polar surface area (TPSA) is 0 Å². The number of benzene rings is 2. The second kappa shape index (κ2) is 4.89. The summed E-state index contributed by atoms with van der Waals surface area (Å²) in [6.45, 7) is 0. The fraction of sp³-hybridized carbons (Fsp3) is 0. The molecule has 0 amide bonds. The molecule has 4 aromatic rings. The highest BCUT2D eigenvalue weighted by Gasteiger charge is 2.10. The summed E-state index contributed by atoms with van der Waals surface area (Å²) in [5.41, 5.74) is 2.67. The fourth-order valence-electron chi connectivity index (χ4n) is 2.62. The largest absolute Gasteiger partial charge is 0.144 e. The summed E-state index contributed by atoms with van der Waals surface area (Å²) in [5.74, 6) is 0. The van der Waals surface area contributed by atoms with Crippen molar-refractivity contribution in [2.45, 2.75) is 0 Å². The Hall–Kier alpha value is -1.90. The van der Waals surface area contributed by atoms with Crippen molar-refractivity contribution in [3.8, 4) is 20.9 Å². The average molecular weight is 292 g/mol. The monoisotopic (exact) mass is 292 g/mol. The lowest BCUT2D eigenvalue weighted by atomic mass is 9.97. The van der Waals surface area contributed by atoms with Gasteiger partial charge >= 0.3 is 0 Å². The van der Waals surface area contributed by atoms with Crippen molar-refractivity contribution in [2.24, 2.45) is 0 Å². The van der Waals surface area contributed by atoms with E-state index in [1.165, 1.54) is 31.7 Å². The molecule has 20 heavy (non-hydrogen) atoms. The number of hydrogen-bond acceptors (Lipinski definition) is 2. The van der Waals surface area contributed by atoms with Crippen LogP contribution in [0.5, 0.6) is 0 Å². The van der Waals surface area contributed by atoms with E-state index in [1.807, 2.05) is 0 Å². The molecule has 0 aliphatic carbocycles. The van der Waals surface area contributed by atoms with Crippen LogP contribution in [0.3, 0.4) is 0 Å². The molecule has 2 heterocycles. The Morgan fingerprint density at radius 2 is 1.10 bits per heavy atom. The van der Waals surface area contributed by atoms with Gasteiger partial charge in [0.05, 0.1) is 0 Å². The standard InChI is InChI=1S/C18H12S2/c1-5-13-6-2-8-15(17-10-4-12-20-17)18(13)14(7-1)16-9-3-11-19-16/h1-12H. The molecule has 0 bridgehead atoms. The molecule has 4 rings (SSSR count). The molecule has 0 aliphatic rings. The van der Waals surface area contributed by atoms with Gasteiger partial charge in [0.15, 0.2) is 0 Å². The van der Waals surface area contributed by atoms with E-state index < -0.39 is 0 Å². The van der Waals surface area contributed by atoms with Crippen LogP contribution in [0.4, 0.5) is 0 Å². The van der Waals surface area contributed by atoms with Gasteiger partial charge in [0, 0.05) is 20.9 Å². The van der Waals surface area contributed by atoms with Crippen LogP contribution in [0.15, 0.2) is 71.4 Å². The molecular formula is C18H12S2.